The summed E-state index contributed by atoms with van der Waals surface area (Å²) in [6, 6.07) is 4.36. The highest BCUT2D eigenvalue weighted by atomic mass is 16.5. The van der Waals surface area contributed by atoms with E-state index in [4.69, 9.17) is 14.9 Å². The molecule has 0 aliphatic carbocycles. The second-order valence-electron chi connectivity index (χ2n) is 3.77. The Labute approximate surface area is 90.0 Å². The lowest BCUT2D eigenvalue weighted by atomic mass is 10.2. The van der Waals surface area contributed by atoms with E-state index in [-0.39, 0.29) is 0 Å². The maximum Gasteiger partial charge on any atom is 0.196 e. The minimum atomic E-state index is 0.426. The first-order valence-electron chi connectivity index (χ1n) is 5.48. The van der Waals surface area contributed by atoms with E-state index < -0.39 is 0 Å². The van der Waals surface area contributed by atoms with E-state index in [0.717, 1.165) is 37.8 Å². The zero-order valence-electron chi connectivity index (χ0n) is 9.11. The van der Waals surface area contributed by atoms with Crippen molar-refractivity contribution in [3.05, 3.63) is 17.9 Å². The topological polar surface area (TPSA) is 51.6 Å². The Hall–Kier alpha value is -1.00. The van der Waals surface area contributed by atoms with E-state index in [9.17, 15) is 0 Å². The third-order valence-corrected chi connectivity index (χ3v) is 2.83. The number of hydrogen-bond donors (Lipinski definition) is 1. The summed E-state index contributed by atoms with van der Waals surface area (Å²) in [6.45, 7) is 5.08. The van der Waals surface area contributed by atoms with Crippen LogP contribution in [0.1, 0.15) is 19.1 Å². The molecule has 1 aliphatic rings. The molecule has 84 valence electrons. The lowest BCUT2D eigenvalue weighted by Crippen LogP contribution is -2.45. The van der Waals surface area contributed by atoms with E-state index in [1.807, 2.05) is 12.1 Å². The van der Waals surface area contributed by atoms with Gasteiger partial charge in [-0.25, -0.2) is 0 Å². The SMILES string of the molecule is CCC1COCCN1c1ccc(CN)o1. The molecule has 2 heterocycles. The van der Waals surface area contributed by atoms with Crippen LogP contribution in [0.5, 0.6) is 0 Å². The van der Waals surface area contributed by atoms with Crippen molar-refractivity contribution in [3.63, 3.8) is 0 Å². The van der Waals surface area contributed by atoms with Crippen molar-refractivity contribution in [3.8, 4) is 0 Å². The van der Waals surface area contributed by atoms with Crippen molar-refractivity contribution in [2.75, 3.05) is 24.7 Å². The molecule has 0 spiro atoms. The Balaban J connectivity index is 2.12. The number of rotatable bonds is 3. The minimum Gasteiger partial charge on any atom is -0.444 e. The number of anilines is 1. The quantitative estimate of drug-likeness (QED) is 0.818. The van der Waals surface area contributed by atoms with E-state index in [1.165, 1.54) is 0 Å². The molecule has 1 aromatic rings. The summed E-state index contributed by atoms with van der Waals surface area (Å²) in [7, 11) is 0. The molecule has 1 saturated heterocycles. The van der Waals surface area contributed by atoms with Crippen molar-refractivity contribution >= 4 is 5.88 Å². The Morgan fingerprint density at radius 3 is 3.07 bits per heavy atom. The molecule has 1 fully saturated rings. The maximum atomic E-state index is 5.65. The molecule has 4 nitrogen and oxygen atoms in total. The molecule has 0 bridgehead atoms. The van der Waals surface area contributed by atoms with Crippen LogP contribution >= 0.6 is 0 Å². The normalized spacial score (nSPS) is 22.0. The van der Waals surface area contributed by atoms with Gasteiger partial charge in [0.15, 0.2) is 5.88 Å². The summed E-state index contributed by atoms with van der Waals surface area (Å²) < 4.78 is 11.1. The third-order valence-electron chi connectivity index (χ3n) is 2.83. The third kappa shape index (κ3) is 2.16. The van der Waals surface area contributed by atoms with Gasteiger partial charge in [-0.15, -0.1) is 0 Å². The van der Waals surface area contributed by atoms with Gasteiger partial charge < -0.3 is 19.8 Å². The molecule has 1 aliphatic heterocycles. The molecule has 0 saturated carbocycles. The highest BCUT2D eigenvalue weighted by molar-refractivity contribution is 5.38. The van der Waals surface area contributed by atoms with Gasteiger partial charge in [-0.2, -0.15) is 0 Å². The number of nitrogens with zero attached hydrogens (tertiary/aromatic N) is 1. The molecule has 0 amide bonds. The van der Waals surface area contributed by atoms with Crippen LogP contribution in [0.15, 0.2) is 16.5 Å². The lowest BCUT2D eigenvalue weighted by molar-refractivity contribution is 0.0905. The number of morpholine rings is 1. The first-order valence-corrected chi connectivity index (χ1v) is 5.48. The highest BCUT2D eigenvalue weighted by Gasteiger charge is 2.23. The van der Waals surface area contributed by atoms with Gasteiger partial charge in [-0.05, 0) is 12.5 Å². The molecule has 1 aromatic heterocycles. The molecule has 0 aromatic carbocycles. The minimum absolute atomic E-state index is 0.426. The fourth-order valence-corrected chi connectivity index (χ4v) is 1.91. The summed E-state index contributed by atoms with van der Waals surface area (Å²) >= 11 is 0. The molecule has 2 N–H and O–H groups in total. The maximum absolute atomic E-state index is 5.65. The average molecular weight is 210 g/mol. The van der Waals surface area contributed by atoms with Crippen LogP contribution in [-0.2, 0) is 11.3 Å². The summed E-state index contributed by atoms with van der Waals surface area (Å²) in [5, 5.41) is 0. The molecule has 1 atom stereocenters. The van der Waals surface area contributed by atoms with Crippen LogP contribution in [0.3, 0.4) is 0 Å². The molecule has 15 heavy (non-hydrogen) atoms. The fraction of sp³-hybridized carbons (Fsp3) is 0.636. The predicted octanol–water partition coefficient (Wildman–Crippen LogP) is 1.35. The van der Waals surface area contributed by atoms with Crippen LogP contribution in [0.4, 0.5) is 5.88 Å². The van der Waals surface area contributed by atoms with Gasteiger partial charge in [-0.1, -0.05) is 6.92 Å². The lowest BCUT2D eigenvalue weighted by Gasteiger charge is -2.34. The van der Waals surface area contributed by atoms with E-state index in [0.29, 0.717) is 12.6 Å². The Morgan fingerprint density at radius 2 is 2.40 bits per heavy atom. The standard InChI is InChI=1S/C11H18N2O2/c1-2-9-8-14-6-5-13(9)11-4-3-10(7-12)15-11/h3-4,9H,2,5-8,12H2,1H3. The molecule has 0 radical (unpaired) electrons. The van der Waals surface area contributed by atoms with Gasteiger partial charge in [-0.3, -0.25) is 0 Å². The van der Waals surface area contributed by atoms with Crippen LogP contribution in [0, 0.1) is 0 Å². The highest BCUT2D eigenvalue weighted by Crippen LogP contribution is 2.23. The van der Waals surface area contributed by atoms with E-state index in [1.54, 1.807) is 0 Å². The molecular formula is C11H18N2O2. The van der Waals surface area contributed by atoms with Crippen LogP contribution in [-0.4, -0.2) is 25.8 Å². The Morgan fingerprint density at radius 1 is 1.53 bits per heavy atom. The summed E-state index contributed by atoms with van der Waals surface area (Å²) in [5.41, 5.74) is 5.52. The van der Waals surface area contributed by atoms with Crippen molar-refractivity contribution < 1.29 is 9.15 Å². The number of hydrogen-bond acceptors (Lipinski definition) is 4. The van der Waals surface area contributed by atoms with Crippen LogP contribution in [0.25, 0.3) is 0 Å². The molecule has 1 unspecified atom stereocenters. The van der Waals surface area contributed by atoms with Crippen LogP contribution < -0.4 is 10.6 Å². The first kappa shape index (κ1) is 10.5. The summed E-state index contributed by atoms with van der Waals surface area (Å²) in [5.74, 6) is 1.76. The van der Waals surface area contributed by atoms with Crippen LogP contribution in [0.2, 0.25) is 0 Å². The predicted molar refractivity (Wildman–Crippen MR) is 58.8 cm³/mol. The van der Waals surface area contributed by atoms with Crippen molar-refractivity contribution in [1.29, 1.82) is 0 Å². The fourth-order valence-electron chi connectivity index (χ4n) is 1.91. The number of nitrogens with two attached hydrogens (primary N) is 1. The van der Waals surface area contributed by atoms with Gasteiger partial charge in [0.2, 0.25) is 0 Å². The van der Waals surface area contributed by atoms with Crippen molar-refractivity contribution in [2.24, 2.45) is 5.73 Å². The van der Waals surface area contributed by atoms with Gasteiger partial charge >= 0.3 is 0 Å². The zero-order chi connectivity index (χ0) is 10.7. The Bertz CT molecular complexity index is 311. The van der Waals surface area contributed by atoms with Crippen molar-refractivity contribution in [2.45, 2.75) is 25.9 Å². The zero-order valence-corrected chi connectivity index (χ0v) is 9.11. The largest absolute Gasteiger partial charge is 0.444 e. The number of ether oxygens (including phenoxy) is 1. The second kappa shape index (κ2) is 4.68. The smallest absolute Gasteiger partial charge is 0.196 e. The van der Waals surface area contributed by atoms with Gasteiger partial charge in [0, 0.05) is 12.6 Å². The monoisotopic (exact) mass is 210 g/mol. The van der Waals surface area contributed by atoms with Gasteiger partial charge in [0.1, 0.15) is 5.76 Å². The van der Waals surface area contributed by atoms with E-state index >= 15 is 0 Å². The average Bonchev–Trinajstić information content (AvgIpc) is 2.77. The molecular weight excluding hydrogens is 192 g/mol. The molecule has 2 rings (SSSR count). The van der Waals surface area contributed by atoms with E-state index in [2.05, 4.69) is 11.8 Å². The Kier molecular flexibility index (Phi) is 3.28. The van der Waals surface area contributed by atoms with Crippen molar-refractivity contribution in [1.82, 2.24) is 0 Å². The second-order valence-corrected chi connectivity index (χ2v) is 3.77. The number of furan rings is 1. The summed E-state index contributed by atoms with van der Waals surface area (Å²) in [4.78, 5) is 2.27. The van der Waals surface area contributed by atoms with Gasteiger partial charge in [0.05, 0.1) is 25.8 Å². The van der Waals surface area contributed by atoms with Gasteiger partial charge in [0.25, 0.3) is 0 Å². The summed E-state index contributed by atoms with van der Waals surface area (Å²) in [6.07, 6.45) is 1.07. The first-order chi connectivity index (χ1) is 7.35. The molecule has 4 heteroatoms.